The maximum absolute atomic E-state index is 11.8. The zero-order valence-electron chi connectivity index (χ0n) is 21.7. The van der Waals surface area contributed by atoms with Crippen LogP contribution < -0.4 is 14.2 Å². The number of hydrogen-bond acceptors (Lipinski definition) is 7. The molecule has 3 rings (SSSR count). The zero-order chi connectivity index (χ0) is 26.5. The van der Waals surface area contributed by atoms with Gasteiger partial charge in [-0.05, 0) is 67.6 Å². The Labute approximate surface area is 218 Å². The molecule has 7 heteroatoms. The van der Waals surface area contributed by atoms with Crippen molar-refractivity contribution in [2.75, 3.05) is 20.3 Å². The van der Waals surface area contributed by atoms with E-state index in [1.807, 2.05) is 66.7 Å². The first-order valence-electron chi connectivity index (χ1n) is 12.5. The van der Waals surface area contributed by atoms with Crippen molar-refractivity contribution in [1.29, 1.82) is 0 Å². The molecule has 37 heavy (non-hydrogen) atoms. The van der Waals surface area contributed by atoms with Crippen LogP contribution in [0.2, 0.25) is 0 Å². The van der Waals surface area contributed by atoms with Crippen LogP contribution in [0.4, 0.5) is 0 Å². The smallest absolute Gasteiger partial charge is 0.306 e. The monoisotopic (exact) mass is 506 g/mol. The Bertz CT molecular complexity index is 1160. The highest BCUT2D eigenvalue weighted by atomic mass is 16.5. The first-order valence-corrected chi connectivity index (χ1v) is 12.5. The fraction of sp³-hybridized carbons (Fsp3) is 0.333. The van der Waals surface area contributed by atoms with Crippen molar-refractivity contribution < 1.29 is 33.3 Å². The molecule has 0 amide bonds. The summed E-state index contributed by atoms with van der Waals surface area (Å²) < 4.78 is 28.0. The number of aryl methyl sites for hydroxylation is 2. The van der Waals surface area contributed by atoms with E-state index in [9.17, 15) is 9.59 Å². The van der Waals surface area contributed by atoms with E-state index < -0.39 is 0 Å². The van der Waals surface area contributed by atoms with E-state index >= 15 is 0 Å². The van der Waals surface area contributed by atoms with Crippen molar-refractivity contribution >= 4 is 11.9 Å². The van der Waals surface area contributed by atoms with E-state index in [-0.39, 0.29) is 24.8 Å². The van der Waals surface area contributed by atoms with Crippen LogP contribution in [-0.4, -0.2) is 32.3 Å². The van der Waals surface area contributed by atoms with Crippen molar-refractivity contribution in [2.24, 2.45) is 0 Å². The molecule has 0 saturated carbocycles. The second-order valence-corrected chi connectivity index (χ2v) is 8.25. The minimum Gasteiger partial charge on any atom is -0.493 e. The van der Waals surface area contributed by atoms with E-state index in [0.29, 0.717) is 55.7 Å². The molecular formula is C30H34O7. The molecular weight excluding hydrogens is 472 g/mol. The zero-order valence-corrected chi connectivity index (χ0v) is 21.7. The van der Waals surface area contributed by atoms with Gasteiger partial charge in [-0.2, -0.15) is 0 Å². The van der Waals surface area contributed by atoms with Crippen molar-refractivity contribution in [1.82, 2.24) is 0 Å². The summed E-state index contributed by atoms with van der Waals surface area (Å²) in [6.45, 7) is 4.68. The molecule has 0 aliphatic rings. The summed E-state index contributed by atoms with van der Waals surface area (Å²) in [6.07, 6.45) is 1.61. The summed E-state index contributed by atoms with van der Waals surface area (Å²) in [5, 5.41) is 0. The van der Waals surface area contributed by atoms with Crippen LogP contribution in [0.5, 0.6) is 23.0 Å². The van der Waals surface area contributed by atoms with Crippen LogP contribution in [0.15, 0.2) is 66.7 Å². The molecule has 0 bridgehead atoms. The summed E-state index contributed by atoms with van der Waals surface area (Å²) in [5.41, 5.74) is 2.88. The third kappa shape index (κ3) is 8.86. The van der Waals surface area contributed by atoms with E-state index in [1.54, 1.807) is 21.0 Å². The fourth-order valence-electron chi connectivity index (χ4n) is 3.67. The van der Waals surface area contributed by atoms with Crippen molar-refractivity contribution in [3.63, 3.8) is 0 Å². The number of carbonyl (C=O) groups is 2. The maximum Gasteiger partial charge on any atom is 0.306 e. The predicted molar refractivity (Wildman–Crippen MR) is 140 cm³/mol. The second kappa shape index (κ2) is 14.5. The van der Waals surface area contributed by atoms with Gasteiger partial charge in [0, 0.05) is 12.8 Å². The molecule has 0 fully saturated rings. The van der Waals surface area contributed by atoms with Crippen LogP contribution in [0.25, 0.3) is 0 Å². The van der Waals surface area contributed by atoms with Crippen LogP contribution in [0, 0.1) is 0 Å². The SMILES string of the molecule is CCOC(=O)CCc1ccc(Oc2cc(CCC(=O)OCC)ccc2OCc2ccccc2)c(OC)c1. The number of rotatable bonds is 14. The van der Waals surface area contributed by atoms with Gasteiger partial charge in [0.05, 0.1) is 20.3 Å². The summed E-state index contributed by atoms with van der Waals surface area (Å²) in [4.78, 5) is 23.6. The summed E-state index contributed by atoms with van der Waals surface area (Å²) in [5.74, 6) is 1.64. The van der Waals surface area contributed by atoms with Crippen LogP contribution in [0.1, 0.15) is 43.4 Å². The first kappa shape index (κ1) is 27.6. The molecule has 0 unspecified atom stereocenters. The van der Waals surface area contributed by atoms with Gasteiger partial charge in [-0.15, -0.1) is 0 Å². The largest absolute Gasteiger partial charge is 0.493 e. The van der Waals surface area contributed by atoms with E-state index in [0.717, 1.165) is 16.7 Å². The van der Waals surface area contributed by atoms with Crippen LogP contribution >= 0.6 is 0 Å². The first-order chi connectivity index (χ1) is 18.0. The number of benzene rings is 3. The highest BCUT2D eigenvalue weighted by molar-refractivity contribution is 5.70. The Morgan fingerprint density at radius 3 is 1.78 bits per heavy atom. The minimum absolute atomic E-state index is 0.235. The number of ether oxygens (including phenoxy) is 5. The summed E-state index contributed by atoms with van der Waals surface area (Å²) in [6, 6.07) is 21.1. The molecule has 196 valence electrons. The molecule has 3 aromatic carbocycles. The Kier molecular flexibility index (Phi) is 10.8. The van der Waals surface area contributed by atoms with Gasteiger partial charge in [-0.25, -0.2) is 0 Å². The molecule has 7 nitrogen and oxygen atoms in total. The van der Waals surface area contributed by atoms with Crippen molar-refractivity contribution in [2.45, 2.75) is 46.1 Å². The number of esters is 2. The van der Waals surface area contributed by atoms with Gasteiger partial charge in [0.25, 0.3) is 0 Å². The molecule has 0 heterocycles. The van der Waals surface area contributed by atoms with Gasteiger partial charge in [-0.3, -0.25) is 9.59 Å². The third-order valence-electron chi connectivity index (χ3n) is 5.54. The van der Waals surface area contributed by atoms with Gasteiger partial charge < -0.3 is 23.7 Å². The lowest BCUT2D eigenvalue weighted by atomic mass is 10.1. The van der Waals surface area contributed by atoms with Gasteiger partial charge in [0.1, 0.15) is 6.61 Å². The van der Waals surface area contributed by atoms with Crippen molar-refractivity contribution in [3.05, 3.63) is 83.4 Å². The van der Waals surface area contributed by atoms with E-state index in [4.69, 9.17) is 23.7 Å². The fourth-order valence-corrected chi connectivity index (χ4v) is 3.67. The lowest BCUT2D eigenvalue weighted by Gasteiger charge is -2.16. The molecule has 0 aliphatic carbocycles. The molecule has 0 saturated heterocycles. The van der Waals surface area contributed by atoms with Gasteiger partial charge in [0.15, 0.2) is 23.0 Å². The number of carbonyl (C=O) groups excluding carboxylic acids is 2. The second-order valence-electron chi connectivity index (χ2n) is 8.25. The molecule has 0 radical (unpaired) electrons. The molecule has 0 aliphatic heterocycles. The van der Waals surface area contributed by atoms with Gasteiger partial charge >= 0.3 is 11.9 Å². The van der Waals surface area contributed by atoms with Gasteiger partial charge in [-0.1, -0.05) is 42.5 Å². The molecule has 0 aromatic heterocycles. The van der Waals surface area contributed by atoms with Gasteiger partial charge in [0.2, 0.25) is 0 Å². The minimum atomic E-state index is -0.241. The standard InChI is InChI=1S/C30H34O7/c1-4-34-29(31)17-13-22-12-16-26(27(19-22)33-3)37-28-20-23(14-18-30(32)35-5-2)11-15-25(28)36-21-24-9-7-6-8-10-24/h6-12,15-16,19-20H,4-5,13-14,17-18,21H2,1-3H3. The van der Waals surface area contributed by atoms with Crippen LogP contribution in [-0.2, 0) is 38.5 Å². The maximum atomic E-state index is 11.8. The highest BCUT2D eigenvalue weighted by Gasteiger charge is 2.14. The van der Waals surface area contributed by atoms with Crippen molar-refractivity contribution in [3.8, 4) is 23.0 Å². The summed E-state index contributed by atoms with van der Waals surface area (Å²) >= 11 is 0. The highest BCUT2D eigenvalue weighted by Crippen LogP contribution is 2.38. The topological polar surface area (TPSA) is 80.3 Å². The molecule has 0 atom stereocenters. The number of hydrogen-bond donors (Lipinski definition) is 0. The molecule has 0 N–H and O–H groups in total. The quantitative estimate of drug-likeness (QED) is 0.246. The van der Waals surface area contributed by atoms with Crippen LogP contribution in [0.3, 0.4) is 0 Å². The Morgan fingerprint density at radius 2 is 1.22 bits per heavy atom. The summed E-state index contributed by atoms with van der Waals surface area (Å²) in [7, 11) is 1.57. The normalized spacial score (nSPS) is 10.5. The predicted octanol–water partition coefficient (Wildman–Crippen LogP) is 6.06. The average molecular weight is 507 g/mol. The van der Waals surface area contributed by atoms with E-state index in [1.165, 1.54) is 0 Å². The lowest BCUT2D eigenvalue weighted by molar-refractivity contribution is -0.144. The average Bonchev–Trinajstić information content (AvgIpc) is 2.91. The lowest BCUT2D eigenvalue weighted by Crippen LogP contribution is -2.05. The Balaban J connectivity index is 1.80. The molecule has 0 spiro atoms. The number of methoxy groups -OCH3 is 1. The Hall–Kier alpha value is -4.00. The van der Waals surface area contributed by atoms with E-state index in [2.05, 4.69) is 0 Å². The Morgan fingerprint density at radius 1 is 0.649 bits per heavy atom. The molecule has 3 aromatic rings. The third-order valence-corrected chi connectivity index (χ3v) is 5.54.